The summed E-state index contributed by atoms with van der Waals surface area (Å²) in [6, 6.07) is 40.8. The number of rotatable bonds is 8. The number of nitrogens with zero attached hydrogens (tertiary/aromatic N) is 2. The predicted octanol–water partition coefficient (Wildman–Crippen LogP) is 5.00. The molecule has 0 aromatic heterocycles. The minimum Gasteiger partial charge on any atom is -0.372 e. The molecule has 154 valence electrons. The second-order valence-electron chi connectivity index (χ2n) is 7.36. The molecule has 0 fully saturated rings. The van der Waals surface area contributed by atoms with Crippen LogP contribution in [0, 0.1) is 0 Å². The monoisotopic (exact) mass is 422 g/mol. The van der Waals surface area contributed by atoms with Crippen molar-refractivity contribution >= 4 is 35.7 Å². The summed E-state index contributed by atoms with van der Waals surface area (Å²) in [7, 11) is 1.53. The standard InChI is InChI=1S/C28H27N2P/c1-30(22-21-29-23-24-13-5-2-6-14-24)27-19-11-12-20-28(27)31(25-15-7-3-8-16-25)26-17-9-4-10-18-26/h2-20,23H,21-22H2,1H3/b29-23+. The highest BCUT2D eigenvalue weighted by molar-refractivity contribution is 7.80. The van der Waals surface area contributed by atoms with Gasteiger partial charge >= 0.3 is 0 Å². The first-order chi connectivity index (χ1) is 15.3. The van der Waals surface area contributed by atoms with Crippen LogP contribution in [0.1, 0.15) is 5.56 Å². The zero-order valence-electron chi connectivity index (χ0n) is 17.8. The lowest BCUT2D eigenvalue weighted by Gasteiger charge is -2.27. The van der Waals surface area contributed by atoms with E-state index in [4.69, 9.17) is 0 Å². The summed E-state index contributed by atoms with van der Waals surface area (Å²) in [5, 5.41) is 4.11. The van der Waals surface area contributed by atoms with E-state index in [0.29, 0.717) is 0 Å². The zero-order chi connectivity index (χ0) is 21.3. The van der Waals surface area contributed by atoms with Gasteiger partial charge in [-0.3, -0.25) is 4.99 Å². The number of hydrogen-bond donors (Lipinski definition) is 0. The third kappa shape index (κ3) is 5.48. The Balaban J connectivity index is 1.59. The van der Waals surface area contributed by atoms with Crippen LogP contribution >= 0.6 is 7.92 Å². The molecule has 0 aliphatic rings. The molecule has 0 heterocycles. The van der Waals surface area contributed by atoms with E-state index in [1.165, 1.54) is 21.6 Å². The summed E-state index contributed by atoms with van der Waals surface area (Å²) >= 11 is 0. The maximum absolute atomic E-state index is 4.64. The molecule has 4 aromatic carbocycles. The quantitative estimate of drug-likeness (QED) is 0.288. The van der Waals surface area contributed by atoms with E-state index in [0.717, 1.165) is 18.7 Å². The normalized spacial score (nSPS) is 11.2. The van der Waals surface area contributed by atoms with Crippen molar-refractivity contribution in [2.24, 2.45) is 4.99 Å². The van der Waals surface area contributed by atoms with E-state index >= 15 is 0 Å². The summed E-state index contributed by atoms with van der Waals surface area (Å²) in [6.45, 7) is 1.63. The zero-order valence-corrected chi connectivity index (χ0v) is 18.7. The Morgan fingerprint density at radius 1 is 0.677 bits per heavy atom. The molecule has 0 spiro atoms. The van der Waals surface area contributed by atoms with Crippen molar-refractivity contribution in [1.82, 2.24) is 0 Å². The second-order valence-corrected chi connectivity index (χ2v) is 9.55. The Kier molecular flexibility index (Phi) is 7.26. The second kappa shape index (κ2) is 10.7. The smallest absolute Gasteiger partial charge is 0.0565 e. The van der Waals surface area contributed by atoms with Crippen molar-refractivity contribution < 1.29 is 0 Å². The largest absolute Gasteiger partial charge is 0.372 e. The highest BCUT2D eigenvalue weighted by Crippen LogP contribution is 2.36. The van der Waals surface area contributed by atoms with Crippen LogP contribution in [0.3, 0.4) is 0 Å². The maximum atomic E-state index is 4.64. The van der Waals surface area contributed by atoms with Gasteiger partial charge in [-0.05, 0) is 30.2 Å². The Hall–Kier alpha value is -3.22. The molecule has 0 bridgehead atoms. The molecule has 0 unspecified atom stereocenters. The fraction of sp³-hybridized carbons (Fsp3) is 0.107. The lowest BCUT2D eigenvalue weighted by Crippen LogP contribution is -2.29. The van der Waals surface area contributed by atoms with Gasteiger partial charge in [0.05, 0.1) is 6.54 Å². The van der Waals surface area contributed by atoms with Crippen LogP contribution in [0.25, 0.3) is 0 Å². The van der Waals surface area contributed by atoms with E-state index in [-0.39, 0.29) is 0 Å². The van der Waals surface area contributed by atoms with Crippen LogP contribution in [-0.2, 0) is 0 Å². The molecular formula is C28H27N2P. The molecule has 0 aliphatic heterocycles. The molecule has 0 saturated heterocycles. The van der Waals surface area contributed by atoms with E-state index in [9.17, 15) is 0 Å². The number of likely N-dealkylation sites (N-methyl/N-ethyl adjacent to an activating group) is 1. The average molecular weight is 423 g/mol. The molecule has 0 N–H and O–H groups in total. The molecule has 0 aliphatic carbocycles. The number of benzene rings is 4. The van der Waals surface area contributed by atoms with E-state index in [1.807, 2.05) is 24.4 Å². The fourth-order valence-electron chi connectivity index (χ4n) is 3.59. The van der Waals surface area contributed by atoms with Crippen molar-refractivity contribution in [3.63, 3.8) is 0 Å². The van der Waals surface area contributed by atoms with Crippen LogP contribution in [0.5, 0.6) is 0 Å². The maximum Gasteiger partial charge on any atom is 0.0565 e. The van der Waals surface area contributed by atoms with Gasteiger partial charge in [-0.2, -0.15) is 0 Å². The summed E-state index contributed by atoms with van der Waals surface area (Å²) in [6.07, 6.45) is 1.96. The minimum atomic E-state index is -0.634. The fourth-order valence-corrected chi connectivity index (χ4v) is 6.10. The highest BCUT2D eigenvalue weighted by Gasteiger charge is 2.20. The topological polar surface area (TPSA) is 15.6 Å². The first kappa shape index (κ1) is 21.0. The molecule has 0 atom stereocenters. The molecular weight excluding hydrogens is 395 g/mol. The van der Waals surface area contributed by atoms with Crippen molar-refractivity contribution in [1.29, 1.82) is 0 Å². The molecule has 0 radical (unpaired) electrons. The molecule has 0 saturated carbocycles. The van der Waals surface area contributed by atoms with Crippen LogP contribution in [-0.4, -0.2) is 26.4 Å². The molecule has 4 aromatic rings. The molecule has 4 rings (SSSR count). The van der Waals surface area contributed by atoms with E-state index < -0.39 is 7.92 Å². The Labute approximate surface area is 186 Å². The number of aliphatic imine (C=N–C) groups is 1. The van der Waals surface area contributed by atoms with Crippen LogP contribution in [0.15, 0.2) is 120 Å². The van der Waals surface area contributed by atoms with Gasteiger partial charge in [-0.1, -0.05) is 109 Å². The molecule has 3 heteroatoms. The molecule has 0 amide bonds. The lowest BCUT2D eigenvalue weighted by atomic mass is 10.2. The first-order valence-corrected chi connectivity index (χ1v) is 11.9. The Morgan fingerprint density at radius 2 is 1.19 bits per heavy atom. The highest BCUT2D eigenvalue weighted by atomic mass is 31.1. The summed E-state index contributed by atoms with van der Waals surface area (Å²) in [5.74, 6) is 0. The molecule has 31 heavy (non-hydrogen) atoms. The van der Waals surface area contributed by atoms with Crippen molar-refractivity contribution in [2.75, 3.05) is 25.0 Å². The number of hydrogen-bond acceptors (Lipinski definition) is 2. The van der Waals surface area contributed by atoms with Gasteiger partial charge in [-0.25, -0.2) is 0 Å². The van der Waals surface area contributed by atoms with E-state index in [2.05, 4.69) is 114 Å². The van der Waals surface area contributed by atoms with Crippen LogP contribution < -0.4 is 20.8 Å². The van der Waals surface area contributed by atoms with Gasteiger partial charge in [0, 0.05) is 30.8 Å². The number of para-hydroxylation sites is 1. The van der Waals surface area contributed by atoms with Gasteiger partial charge in [-0.15, -0.1) is 0 Å². The predicted molar refractivity (Wildman–Crippen MR) is 137 cm³/mol. The van der Waals surface area contributed by atoms with Crippen LogP contribution in [0.2, 0.25) is 0 Å². The summed E-state index contributed by atoms with van der Waals surface area (Å²) in [5.41, 5.74) is 2.42. The third-order valence-corrected chi connectivity index (χ3v) is 7.66. The Morgan fingerprint density at radius 3 is 1.81 bits per heavy atom. The summed E-state index contributed by atoms with van der Waals surface area (Å²) < 4.78 is 0. The first-order valence-electron chi connectivity index (χ1n) is 10.6. The van der Waals surface area contributed by atoms with Gasteiger partial charge in [0.1, 0.15) is 0 Å². The summed E-state index contributed by atoms with van der Waals surface area (Å²) in [4.78, 5) is 6.97. The SMILES string of the molecule is CN(CC/N=C/c1ccccc1)c1ccccc1P(c1ccccc1)c1ccccc1. The lowest BCUT2D eigenvalue weighted by molar-refractivity contribution is 0.891. The van der Waals surface area contributed by atoms with Crippen molar-refractivity contribution in [3.8, 4) is 0 Å². The van der Waals surface area contributed by atoms with Gasteiger partial charge in [0.15, 0.2) is 0 Å². The van der Waals surface area contributed by atoms with Gasteiger partial charge in [0.25, 0.3) is 0 Å². The van der Waals surface area contributed by atoms with Gasteiger partial charge in [0.2, 0.25) is 0 Å². The number of anilines is 1. The average Bonchev–Trinajstić information content (AvgIpc) is 2.84. The van der Waals surface area contributed by atoms with Crippen molar-refractivity contribution in [3.05, 3.63) is 121 Å². The van der Waals surface area contributed by atoms with Crippen molar-refractivity contribution in [2.45, 2.75) is 0 Å². The Bertz CT molecular complexity index is 1060. The minimum absolute atomic E-state index is 0.634. The van der Waals surface area contributed by atoms with E-state index in [1.54, 1.807) is 0 Å². The van der Waals surface area contributed by atoms with Crippen LogP contribution in [0.4, 0.5) is 5.69 Å². The molecule has 2 nitrogen and oxygen atoms in total. The van der Waals surface area contributed by atoms with Gasteiger partial charge < -0.3 is 4.90 Å². The third-order valence-electron chi connectivity index (χ3n) is 5.17.